The monoisotopic (exact) mass is 301 g/mol. The Morgan fingerprint density at radius 3 is 3.12 bits per heavy atom. The topological polar surface area (TPSA) is 29.1 Å². The molecule has 1 heterocycles. The molecule has 0 bridgehead atoms. The van der Waals surface area contributed by atoms with Crippen molar-refractivity contribution in [3.05, 3.63) is 28.2 Å². The number of hydrogen-bond donors (Lipinski definition) is 1. The predicted octanol–water partition coefficient (Wildman–Crippen LogP) is 3.00. The van der Waals surface area contributed by atoms with Crippen molar-refractivity contribution in [2.75, 3.05) is 12.3 Å². The van der Waals surface area contributed by atoms with E-state index in [-0.39, 0.29) is 0 Å². The molecule has 1 aliphatic rings. The lowest BCUT2D eigenvalue weighted by Gasteiger charge is -2.18. The van der Waals surface area contributed by atoms with Crippen LogP contribution in [-0.4, -0.2) is 16.5 Å². The van der Waals surface area contributed by atoms with E-state index in [1.165, 1.54) is 5.56 Å². The zero-order valence-corrected chi connectivity index (χ0v) is 11.7. The van der Waals surface area contributed by atoms with E-state index in [0.717, 1.165) is 34.5 Å². The molecule has 1 aromatic carbocycles. The molecule has 16 heavy (non-hydrogen) atoms. The third kappa shape index (κ3) is 2.55. The van der Waals surface area contributed by atoms with Gasteiger partial charge in [0.25, 0.3) is 0 Å². The van der Waals surface area contributed by atoms with E-state index < -0.39 is 10.8 Å². The van der Waals surface area contributed by atoms with E-state index in [1.54, 1.807) is 0 Å². The van der Waals surface area contributed by atoms with Crippen molar-refractivity contribution in [2.45, 2.75) is 30.7 Å². The minimum atomic E-state index is -0.826. The average Bonchev–Trinajstić information content (AvgIpc) is 2.40. The van der Waals surface area contributed by atoms with Crippen LogP contribution in [0.15, 0.2) is 27.6 Å². The highest BCUT2D eigenvalue weighted by atomic mass is 79.9. The van der Waals surface area contributed by atoms with Crippen molar-refractivity contribution in [3.63, 3.8) is 0 Å². The van der Waals surface area contributed by atoms with Gasteiger partial charge in [-0.1, -0.05) is 22.9 Å². The van der Waals surface area contributed by atoms with Crippen LogP contribution in [0.4, 0.5) is 0 Å². The second kappa shape index (κ2) is 5.43. The molecule has 2 atom stereocenters. The largest absolute Gasteiger partial charge is 0.310 e. The van der Waals surface area contributed by atoms with Crippen LogP contribution in [0.2, 0.25) is 0 Å². The zero-order valence-electron chi connectivity index (χ0n) is 9.33. The van der Waals surface area contributed by atoms with Gasteiger partial charge in [-0.15, -0.1) is 0 Å². The Hall–Kier alpha value is -0.190. The molecule has 4 heteroatoms. The summed E-state index contributed by atoms with van der Waals surface area (Å²) in [6, 6.07) is 6.42. The maximum atomic E-state index is 12.0. The number of hydrogen-bond acceptors (Lipinski definition) is 2. The highest BCUT2D eigenvalue weighted by molar-refractivity contribution is 9.10. The highest BCUT2D eigenvalue weighted by Gasteiger charge is 2.21. The Kier molecular flexibility index (Phi) is 4.16. The van der Waals surface area contributed by atoms with Crippen LogP contribution in [0, 0.1) is 0 Å². The second-order valence-corrected chi connectivity index (χ2v) is 6.44. The minimum absolute atomic E-state index is 0.351. The molecule has 0 saturated carbocycles. The zero-order chi connectivity index (χ0) is 11.5. The summed E-state index contributed by atoms with van der Waals surface area (Å²) in [4.78, 5) is 1.01. The Labute approximate surface area is 107 Å². The van der Waals surface area contributed by atoms with E-state index in [0.29, 0.717) is 6.04 Å². The molecular formula is C12H16BrNOS. The summed E-state index contributed by atoms with van der Waals surface area (Å²) in [6.07, 6.45) is 2.10. The van der Waals surface area contributed by atoms with Crippen LogP contribution in [0.3, 0.4) is 0 Å². The van der Waals surface area contributed by atoms with Crippen LogP contribution in [0.25, 0.3) is 0 Å². The lowest BCUT2D eigenvalue weighted by atomic mass is 10.0. The molecule has 0 fully saturated rings. The van der Waals surface area contributed by atoms with E-state index in [9.17, 15) is 4.21 Å². The molecule has 88 valence electrons. The van der Waals surface area contributed by atoms with Crippen molar-refractivity contribution in [3.8, 4) is 0 Å². The summed E-state index contributed by atoms with van der Waals surface area (Å²) in [7, 11) is -0.826. The van der Waals surface area contributed by atoms with Crippen molar-refractivity contribution in [1.29, 1.82) is 0 Å². The Morgan fingerprint density at radius 1 is 1.56 bits per heavy atom. The number of rotatable bonds is 2. The van der Waals surface area contributed by atoms with Gasteiger partial charge in [0.05, 0.1) is 10.8 Å². The van der Waals surface area contributed by atoms with E-state index in [1.807, 2.05) is 12.1 Å². The lowest BCUT2D eigenvalue weighted by Crippen LogP contribution is -2.20. The molecule has 0 aromatic heterocycles. The fourth-order valence-electron chi connectivity index (χ4n) is 2.14. The quantitative estimate of drug-likeness (QED) is 0.910. The molecule has 1 N–H and O–H groups in total. The van der Waals surface area contributed by atoms with E-state index in [2.05, 4.69) is 34.2 Å². The Balaban J connectivity index is 2.44. The fourth-order valence-corrected chi connectivity index (χ4v) is 3.85. The maximum Gasteiger partial charge on any atom is 0.0532 e. The van der Waals surface area contributed by atoms with Gasteiger partial charge in [0, 0.05) is 21.2 Å². The fraction of sp³-hybridized carbons (Fsp3) is 0.500. The lowest BCUT2D eigenvalue weighted by molar-refractivity contribution is 0.508. The Bertz CT molecular complexity index is 408. The molecule has 0 aliphatic carbocycles. The summed E-state index contributed by atoms with van der Waals surface area (Å²) >= 11 is 3.49. The highest BCUT2D eigenvalue weighted by Crippen LogP contribution is 2.31. The van der Waals surface area contributed by atoms with E-state index >= 15 is 0 Å². The van der Waals surface area contributed by atoms with Crippen LogP contribution >= 0.6 is 15.9 Å². The van der Waals surface area contributed by atoms with Gasteiger partial charge in [-0.25, -0.2) is 0 Å². The first-order chi connectivity index (χ1) is 7.72. The number of nitrogens with one attached hydrogen (secondary N) is 1. The van der Waals surface area contributed by atoms with Gasteiger partial charge in [-0.3, -0.25) is 4.21 Å². The molecule has 0 saturated heterocycles. The number of halogens is 1. The van der Waals surface area contributed by atoms with Crippen LogP contribution in [0.1, 0.15) is 31.4 Å². The molecule has 2 nitrogen and oxygen atoms in total. The summed E-state index contributed by atoms with van der Waals surface area (Å²) in [5.74, 6) is 0.788. The number of fused-ring (bicyclic) bond motifs is 1. The van der Waals surface area contributed by atoms with Crippen LogP contribution in [-0.2, 0) is 10.8 Å². The van der Waals surface area contributed by atoms with E-state index in [4.69, 9.17) is 0 Å². The molecular weight excluding hydrogens is 286 g/mol. The molecule has 1 aliphatic heterocycles. The molecule has 2 rings (SSSR count). The first kappa shape index (κ1) is 12.3. The first-order valence-corrected chi connectivity index (χ1v) is 7.74. The van der Waals surface area contributed by atoms with Crippen LogP contribution < -0.4 is 5.32 Å². The molecule has 0 amide bonds. The molecule has 0 spiro atoms. The van der Waals surface area contributed by atoms with Crippen molar-refractivity contribution >= 4 is 26.7 Å². The normalized spacial score (nSPS) is 24.9. The minimum Gasteiger partial charge on any atom is -0.310 e. The Morgan fingerprint density at radius 2 is 2.38 bits per heavy atom. The second-order valence-electron chi connectivity index (χ2n) is 3.98. The van der Waals surface area contributed by atoms with Crippen molar-refractivity contribution < 1.29 is 4.21 Å². The molecule has 2 unspecified atom stereocenters. The first-order valence-electron chi connectivity index (χ1n) is 5.63. The van der Waals surface area contributed by atoms with Gasteiger partial charge in [0.2, 0.25) is 0 Å². The van der Waals surface area contributed by atoms with Gasteiger partial charge in [-0.2, -0.15) is 0 Å². The van der Waals surface area contributed by atoms with Gasteiger partial charge in [0.1, 0.15) is 0 Å². The van der Waals surface area contributed by atoms with Gasteiger partial charge >= 0.3 is 0 Å². The SMILES string of the molecule is CCNC1CCCS(=O)c2ccc(Br)cc21. The maximum absolute atomic E-state index is 12.0. The smallest absolute Gasteiger partial charge is 0.0532 e. The van der Waals surface area contributed by atoms with Gasteiger partial charge in [-0.05, 0) is 43.1 Å². The predicted molar refractivity (Wildman–Crippen MR) is 71.1 cm³/mol. The summed E-state index contributed by atoms with van der Waals surface area (Å²) in [5.41, 5.74) is 1.20. The van der Waals surface area contributed by atoms with Gasteiger partial charge in [0.15, 0.2) is 0 Å². The van der Waals surface area contributed by atoms with Crippen molar-refractivity contribution in [1.82, 2.24) is 5.32 Å². The summed E-state index contributed by atoms with van der Waals surface area (Å²) < 4.78 is 13.1. The summed E-state index contributed by atoms with van der Waals surface area (Å²) in [5, 5.41) is 3.47. The molecule has 0 radical (unpaired) electrons. The number of benzene rings is 1. The molecule has 1 aromatic rings. The summed E-state index contributed by atoms with van der Waals surface area (Å²) in [6.45, 7) is 3.06. The van der Waals surface area contributed by atoms with Crippen molar-refractivity contribution in [2.24, 2.45) is 0 Å². The third-order valence-electron chi connectivity index (χ3n) is 2.87. The average molecular weight is 302 g/mol. The van der Waals surface area contributed by atoms with Gasteiger partial charge < -0.3 is 5.32 Å². The third-order valence-corrected chi connectivity index (χ3v) is 4.88. The standard InChI is InChI=1S/C12H16BrNOS/c1-2-14-11-4-3-7-16(15)12-6-5-9(13)8-10(11)12/h5-6,8,11,14H,2-4,7H2,1H3. The van der Waals surface area contributed by atoms with Crippen LogP contribution in [0.5, 0.6) is 0 Å².